The van der Waals surface area contributed by atoms with Gasteiger partial charge >= 0.3 is 5.97 Å². The normalized spacial score (nSPS) is 17.3. The number of nitrogens with zero attached hydrogens (tertiary/aromatic N) is 2. The Morgan fingerprint density at radius 2 is 2.29 bits per heavy atom. The number of hydrogen-bond acceptors (Lipinski definition) is 4. The number of fused-ring (bicyclic) bond motifs is 1. The zero-order valence-corrected chi connectivity index (χ0v) is 11.6. The topological polar surface area (TPSA) is 84.6 Å². The second-order valence-corrected chi connectivity index (χ2v) is 5.02. The summed E-state index contributed by atoms with van der Waals surface area (Å²) in [5.74, 6) is 0.118. The Morgan fingerprint density at radius 1 is 1.48 bits per heavy atom. The molecule has 6 heteroatoms. The van der Waals surface area contributed by atoms with E-state index < -0.39 is 12.1 Å². The lowest BCUT2D eigenvalue weighted by Gasteiger charge is -2.21. The molecule has 0 bridgehead atoms. The Kier molecular flexibility index (Phi) is 3.39. The van der Waals surface area contributed by atoms with Crippen LogP contribution in [0.25, 0.3) is 11.4 Å². The first-order valence-electron chi connectivity index (χ1n) is 6.78. The summed E-state index contributed by atoms with van der Waals surface area (Å²) in [5, 5.41) is 19.4. The van der Waals surface area contributed by atoms with Gasteiger partial charge in [-0.3, -0.25) is 0 Å². The molecular weight excluding hydrogens is 272 g/mol. The van der Waals surface area contributed by atoms with Crippen LogP contribution in [-0.2, 0) is 6.54 Å². The standard InChI is InChI=1S/C15H16N2O4/c1-21-10-5-2-4-9(8-10)14-16-12(15(19)20)13-11(18)6-3-7-17(13)14/h2,4-5,8,11,18H,3,6-7H2,1H3,(H,19,20). The fourth-order valence-corrected chi connectivity index (χ4v) is 2.75. The van der Waals surface area contributed by atoms with E-state index in [1.54, 1.807) is 11.7 Å². The van der Waals surface area contributed by atoms with E-state index in [0.717, 1.165) is 12.0 Å². The summed E-state index contributed by atoms with van der Waals surface area (Å²) in [5.41, 5.74) is 1.10. The average Bonchev–Trinajstić information content (AvgIpc) is 2.88. The van der Waals surface area contributed by atoms with Gasteiger partial charge in [0.15, 0.2) is 5.69 Å². The van der Waals surface area contributed by atoms with Gasteiger partial charge in [-0.25, -0.2) is 9.78 Å². The van der Waals surface area contributed by atoms with Crippen molar-refractivity contribution in [2.24, 2.45) is 0 Å². The Balaban J connectivity index is 2.19. The smallest absolute Gasteiger partial charge is 0.356 e. The predicted molar refractivity (Wildman–Crippen MR) is 75.4 cm³/mol. The highest BCUT2D eigenvalue weighted by Crippen LogP contribution is 2.33. The molecule has 1 aromatic carbocycles. The Hall–Kier alpha value is -2.34. The van der Waals surface area contributed by atoms with Gasteiger partial charge in [0, 0.05) is 12.1 Å². The van der Waals surface area contributed by atoms with Gasteiger partial charge in [-0.2, -0.15) is 0 Å². The number of aromatic carboxylic acids is 1. The lowest BCUT2D eigenvalue weighted by atomic mass is 10.0. The van der Waals surface area contributed by atoms with Crippen molar-refractivity contribution in [2.45, 2.75) is 25.5 Å². The third kappa shape index (κ3) is 2.27. The molecule has 0 saturated heterocycles. The molecule has 2 heterocycles. The van der Waals surface area contributed by atoms with E-state index in [4.69, 9.17) is 4.74 Å². The number of methoxy groups -OCH3 is 1. The number of rotatable bonds is 3. The maximum Gasteiger partial charge on any atom is 0.356 e. The van der Waals surface area contributed by atoms with E-state index in [1.807, 2.05) is 24.3 Å². The quantitative estimate of drug-likeness (QED) is 0.903. The lowest BCUT2D eigenvalue weighted by molar-refractivity contribution is 0.0677. The van der Waals surface area contributed by atoms with E-state index >= 15 is 0 Å². The maximum atomic E-state index is 11.4. The first-order chi connectivity index (χ1) is 10.1. The van der Waals surface area contributed by atoms with Crippen molar-refractivity contribution in [3.05, 3.63) is 35.7 Å². The SMILES string of the molecule is COc1cccc(-c2nc(C(=O)O)c3n2CCCC3O)c1. The highest BCUT2D eigenvalue weighted by Gasteiger charge is 2.30. The van der Waals surface area contributed by atoms with Gasteiger partial charge in [0.1, 0.15) is 11.6 Å². The summed E-state index contributed by atoms with van der Waals surface area (Å²) < 4.78 is 6.99. The third-order valence-corrected chi connectivity index (χ3v) is 3.71. The maximum absolute atomic E-state index is 11.4. The minimum Gasteiger partial charge on any atom is -0.497 e. The van der Waals surface area contributed by atoms with Crippen molar-refractivity contribution >= 4 is 5.97 Å². The van der Waals surface area contributed by atoms with Crippen molar-refractivity contribution < 1.29 is 19.7 Å². The lowest BCUT2D eigenvalue weighted by Crippen LogP contribution is -2.18. The van der Waals surface area contributed by atoms with Crippen LogP contribution in [-0.4, -0.2) is 32.8 Å². The first-order valence-corrected chi connectivity index (χ1v) is 6.78. The van der Waals surface area contributed by atoms with Gasteiger partial charge in [0.05, 0.1) is 18.9 Å². The molecule has 0 radical (unpaired) electrons. The number of carbonyl (C=O) groups is 1. The van der Waals surface area contributed by atoms with E-state index in [0.29, 0.717) is 30.2 Å². The molecule has 110 valence electrons. The molecule has 1 unspecified atom stereocenters. The van der Waals surface area contributed by atoms with Crippen LogP contribution in [0.2, 0.25) is 0 Å². The number of ether oxygens (including phenoxy) is 1. The molecule has 0 saturated carbocycles. The van der Waals surface area contributed by atoms with Gasteiger partial charge in [-0.15, -0.1) is 0 Å². The molecule has 0 aliphatic carbocycles. The molecule has 1 aliphatic rings. The molecule has 2 N–H and O–H groups in total. The van der Waals surface area contributed by atoms with Crippen LogP contribution in [0.1, 0.15) is 35.1 Å². The van der Waals surface area contributed by atoms with Crippen LogP contribution in [0, 0.1) is 0 Å². The van der Waals surface area contributed by atoms with Crippen LogP contribution >= 0.6 is 0 Å². The molecule has 2 aromatic rings. The monoisotopic (exact) mass is 288 g/mol. The van der Waals surface area contributed by atoms with Crippen LogP contribution < -0.4 is 4.74 Å². The predicted octanol–water partition coefficient (Wildman–Crippen LogP) is 2.08. The Bertz CT molecular complexity index is 693. The molecule has 1 aromatic heterocycles. The molecule has 0 amide bonds. The van der Waals surface area contributed by atoms with Gasteiger partial charge in [-0.1, -0.05) is 12.1 Å². The number of aromatic nitrogens is 2. The number of carboxylic acids is 1. The minimum atomic E-state index is -1.12. The number of imidazole rings is 1. The Morgan fingerprint density at radius 3 is 3.00 bits per heavy atom. The van der Waals surface area contributed by atoms with Gasteiger partial charge < -0.3 is 19.5 Å². The van der Waals surface area contributed by atoms with Gasteiger partial charge in [0.25, 0.3) is 0 Å². The highest BCUT2D eigenvalue weighted by molar-refractivity contribution is 5.88. The molecule has 0 spiro atoms. The van der Waals surface area contributed by atoms with E-state index in [2.05, 4.69) is 4.98 Å². The van der Waals surface area contributed by atoms with Crippen molar-refractivity contribution in [3.8, 4) is 17.1 Å². The zero-order chi connectivity index (χ0) is 15.0. The van der Waals surface area contributed by atoms with Crippen molar-refractivity contribution in [3.63, 3.8) is 0 Å². The molecule has 3 rings (SSSR count). The van der Waals surface area contributed by atoms with Crippen molar-refractivity contribution in [1.29, 1.82) is 0 Å². The third-order valence-electron chi connectivity index (χ3n) is 3.71. The first kappa shape index (κ1) is 13.6. The number of carboxylic acid groups (broad SMARTS) is 1. The zero-order valence-electron chi connectivity index (χ0n) is 11.6. The molecule has 6 nitrogen and oxygen atoms in total. The second-order valence-electron chi connectivity index (χ2n) is 5.02. The van der Waals surface area contributed by atoms with Gasteiger partial charge in [0.2, 0.25) is 0 Å². The second kappa shape index (κ2) is 5.21. The summed E-state index contributed by atoms with van der Waals surface area (Å²) in [6.45, 7) is 0.652. The number of benzene rings is 1. The van der Waals surface area contributed by atoms with Crippen molar-refractivity contribution in [1.82, 2.24) is 9.55 Å². The molecule has 21 heavy (non-hydrogen) atoms. The number of hydrogen-bond donors (Lipinski definition) is 2. The summed E-state index contributed by atoms with van der Waals surface area (Å²) in [7, 11) is 1.58. The van der Waals surface area contributed by atoms with Crippen LogP contribution in [0.5, 0.6) is 5.75 Å². The van der Waals surface area contributed by atoms with E-state index in [1.165, 1.54) is 0 Å². The van der Waals surface area contributed by atoms with Crippen molar-refractivity contribution in [2.75, 3.05) is 7.11 Å². The fourth-order valence-electron chi connectivity index (χ4n) is 2.75. The molecule has 1 atom stereocenters. The summed E-state index contributed by atoms with van der Waals surface area (Å²) >= 11 is 0. The fraction of sp³-hybridized carbons (Fsp3) is 0.333. The molecule has 1 aliphatic heterocycles. The van der Waals surface area contributed by atoms with Crippen LogP contribution in [0.3, 0.4) is 0 Å². The van der Waals surface area contributed by atoms with Crippen LogP contribution in [0.15, 0.2) is 24.3 Å². The summed E-state index contributed by atoms with van der Waals surface area (Å²) in [6, 6.07) is 7.30. The van der Waals surface area contributed by atoms with Gasteiger partial charge in [-0.05, 0) is 25.0 Å². The molecule has 0 fully saturated rings. The van der Waals surface area contributed by atoms with E-state index in [-0.39, 0.29) is 5.69 Å². The highest BCUT2D eigenvalue weighted by atomic mass is 16.5. The summed E-state index contributed by atoms with van der Waals surface area (Å²) in [4.78, 5) is 15.6. The largest absolute Gasteiger partial charge is 0.497 e. The average molecular weight is 288 g/mol. The number of aliphatic hydroxyl groups excluding tert-OH is 1. The summed E-state index contributed by atoms with van der Waals surface area (Å²) in [6.07, 6.45) is 0.570. The number of aliphatic hydroxyl groups is 1. The van der Waals surface area contributed by atoms with Crippen LogP contribution in [0.4, 0.5) is 0 Å². The van der Waals surface area contributed by atoms with E-state index in [9.17, 15) is 15.0 Å². The molecular formula is C15H16N2O4. The Labute approximate surface area is 121 Å². The minimum absolute atomic E-state index is 0.0694.